The van der Waals surface area contributed by atoms with Crippen molar-refractivity contribution in [1.29, 1.82) is 0 Å². The van der Waals surface area contributed by atoms with E-state index in [1.807, 2.05) is 0 Å². The van der Waals surface area contributed by atoms with Gasteiger partial charge in [0.1, 0.15) is 0 Å². The van der Waals surface area contributed by atoms with E-state index in [1.54, 1.807) is 0 Å². The fraction of sp³-hybridized carbons (Fsp3) is 0.667. The van der Waals surface area contributed by atoms with Crippen molar-refractivity contribution in [2.75, 3.05) is 13.4 Å². The van der Waals surface area contributed by atoms with Gasteiger partial charge in [-0.25, -0.2) is 8.42 Å². The molecule has 2 unspecified atom stereocenters. The van der Waals surface area contributed by atoms with Crippen molar-refractivity contribution in [1.82, 2.24) is 0 Å². The second-order valence-electron chi connectivity index (χ2n) is 1.25. The molecule has 0 saturated heterocycles. The zero-order chi connectivity index (χ0) is 8.85. The van der Waals surface area contributed by atoms with Crippen LogP contribution in [0.5, 0.6) is 0 Å². The minimum atomic E-state index is -2.00. The van der Waals surface area contributed by atoms with Crippen LogP contribution >= 0.6 is 0 Å². The lowest BCUT2D eigenvalue weighted by Gasteiger charge is -1.91. The number of nitrogens with zero attached hydrogens (tertiary/aromatic N) is 2. The summed E-state index contributed by atoms with van der Waals surface area (Å²) in [5, 5.41) is -0.617. The van der Waals surface area contributed by atoms with Crippen molar-refractivity contribution in [3.63, 3.8) is 0 Å². The van der Waals surface area contributed by atoms with E-state index >= 15 is 0 Å². The van der Waals surface area contributed by atoms with E-state index < -0.39 is 27.4 Å². The van der Waals surface area contributed by atoms with E-state index in [9.17, 15) is 8.42 Å². The molecule has 0 aromatic rings. The summed E-state index contributed by atoms with van der Waals surface area (Å²) in [6.07, 6.45) is 1.19. The molecule has 0 rings (SSSR count). The van der Waals surface area contributed by atoms with Crippen LogP contribution in [0.25, 0.3) is 5.53 Å². The van der Waals surface area contributed by atoms with Crippen molar-refractivity contribution >= 4 is 27.4 Å². The molecule has 0 N–H and O–H groups in total. The van der Waals surface area contributed by atoms with Crippen LogP contribution in [0, 0.1) is 0 Å². The van der Waals surface area contributed by atoms with E-state index in [-0.39, 0.29) is 0 Å². The molecule has 0 saturated carbocycles. The molecule has 0 bridgehead atoms. The molecule has 0 amide bonds. The molecule has 0 aliphatic rings. The summed E-state index contributed by atoms with van der Waals surface area (Å²) in [5.41, 5.74) is 8.13. The van der Waals surface area contributed by atoms with Gasteiger partial charge < -0.3 is 9.71 Å². The van der Waals surface area contributed by atoms with Crippen LogP contribution in [0.2, 0.25) is 0 Å². The largest absolute Gasteiger partial charge is 0.584 e. The van der Waals surface area contributed by atoms with Gasteiger partial charge in [-0.1, -0.05) is 0 Å². The third-order valence-electron chi connectivity index (χ3n) is 0.564. The second-order valence-corrected chi connectivity index (χ2v) is 3.37. The Kier molecular flexibility index (Phi) is 4.88. The molecule has 11 heavy (non-hydrogen) atoms. The molecule has 6 nitrogen and oxygen atoms in total. The highest BCUT2D eigenvalue weighted by Crippen LogP contribution is 1.89. The van der Waals surface area contributed by atoms with E-state index in [1.165, 1.54) is 6.26 Å². The van der Waals surface area contributed by atoms with Gasteiger partial charge in [0, 0.05) is 6.26 Å². The van der Waals surface area contributed by atoms with Gasteiger partial charge in [-0.3, -0.25) is 4.18 Å². The van der Waals surface area contributed by atoms with E-state index in [0.717, 1.165) is 7.11 Å². The fourth-order valence-corrected chi connectivity index (χ4v) is 1.20. The summed E-state index contributed by atoms with van der Waals surface area (Å²) in [4.78, 5) is 2.48. The van der Waals surface area contributed by atoms with Gasteiger partial charge in [-0.05, 0) is 0 Å². The zero-order valence-electron chi connectivity index (χ0n) is 5.84. The van der Waals surface area contributed by atoms with Gasteiger partial charge in [-0.2, -0.15) is 0 Å². The Balaban J connectivity index is 4.32. The number of rotatable bonds is 2. The van der Waals surface area contributed by atoms with Crippen LogP contribution in [0.15, 0.2) is 0 Å². The molecule has 0 aromatic carbocycles. The van der Waals surface area contributed by atoms with Crippen LogP contribution < -0.4 is 0 Å². The van der Waals surface area contributed by atoms with Crippen LogP contribution in [-0.2, 0) is 30.5 Å². The SMILES string of the molecule is COS(=O)C(=[N+]=[N-])OS(C)=O. The molecule has 0 aliphatic carbocycles. The first-order valence-corrected chi connectivity index (χ1v) is 4.87. The predicted molar refractivity (Wildman–Crippen MR) is 38.9 cm³/mol. The van der Waals surface area contributed by atoms with Crippen molar-refractivity contribution in [3.05, 3.63) is 5.53 Å². The Labute approximate surface area is 68.4 Å². The standard InChI is InChI=1S/C3H6N2O4S2/c1-8-11(7)3(5-4)9-10(2)6/h1-2H3. The maximum Gasteiger partial charge on any atom is 0.584 e. The molecule has 64 valence electrons. The van der Waals surface area contributed by atoms with Crippen LogP contribution in [0.3, 0.4) is 0 Å². The molecule has 8 heteroatoms. The highest BCUT2D eigenvalue weighted by atomic mass is 32.2. The van der Waals surface area contributed by atoms with Gasteiger partial charge in [-0.15, -0.1) is 4.79 Å². The Hall–Kier alpha value is -0.560. The second kappa shape index (κ2) is 5.14. The Bertz CT molecular complexity index is 233. The van der Waals surface area contributed by atoms with Gasteiger partial charge in [0.25, 0.3) is 0 Å². The summed E-state index contributed by atoms with van der Waals surface area (Å²) >= 11 is -3.68. The highest BCUT2D eigenvalue weighted by molar-refractivity contribution is 7.97. The molecular weight excluding hydrogens is 192 g/mol. The smallest absolute Gasteiger partial charge is 0.356 e. The first-order chi connectivity index (χ1) is 5.11. The topological polar surface area (TPSA) is 89.0 Å². The van der Waals surface area contributed by atoms with Crippen molar-refractivity contribution in [3.8, 4) is 0 Å². The highest BCUT2D eigenvalue weighted by Gasteiger charge is 2.22. The molecule has 2 atom stereocenters. The van der Waals surface area contributed by atoms with E-state index in [4.69, 9.17) is 5.53 Å². The van der Waals surface area contributed by atoms with Crippen molar-refractivity contribution < 1.29 is 21.6 Å². The first kappa shape index (κ1) is 10.4. The lowest BCUT2D eigenvalue weighted by atomic mass is 11.5. The summed E-state index contributed by atoms with van der Waals surface area (Å²) in [6, 6.07) is 0. The molecule has 0 radical (unpaired) electrons. The number of hydrogen-bond acceptors (Lipinski definition) is 4. The maximum atomic E-state index is 10.6. The number of hydrogen-bond donors (Lipinski definition) is 0. The molecular formula is C3H6N2O4S2. The predicted octanol–water partition coefficient (Wildman–Crippen LogP) is -0.808. The Morgan fingerprint density at radius 3 is 2.36 bits per heavy atom. The molecule has 0 heterocycles. The minimum absolute atomic E-state index is 0.617. The summed E-state index contributed by atoms with van der Waals surface area (Å²) in [6.45, 7) is 0. The first-order valence-electron chi connectivity index (χ1n) is 2.32. The summed E-state index contributed by atoms with van der Waals surface area (Å²) < 4.78 is 29.5. The Morgan fingerprint density at radius 2 is 2.09 bits per heavy atom. The summed E-state index contributed by atoms with van der Waals surface area (Å²) in [7, 11) is 1.13. The van der Waals surface area contributed by atoms with Gasteiger partial charge in [0.15, 0.2) is 0 Å². The lowest BCUT2D eigenvalue weighted by Crippen LogP contribution is -2.15. The average molecular weight is 198 g/mol. The third kappa shape index (κ3) is 3.99. The van der Waals surface area contributed by atoms with Crippen LogP contribution in [-0.4, -0.2) is 31.8 Å². The molecule has 0 aliphatic heterocycles. The monoisotopic (exact) mass is 198 g/mol. The third-order valence-corrected chi connectivity index (χ3v) is 1.82. The van der Waals surface area contributed by atoms with Crippen molar-refractivity contribution in [2.24, 2.45) is 0 Å². The summed E-state index contributed by atoms with van der Waals surface area (Å²) in [5.74, 6) is 0. The maximum absolute atomic E-state index is 10.6. The quantitative estimate of drug-likeness (QED) is 0.251. The van der Waals surface area contributed by atoms with Gasteiger partial charge >= 0.3 is 16.3 Å². The minimum Gasteiger partial charge on any atom is -0.356 e. The van der Waals surface area contributed by atoms with E-state index in [2.05, 4.69) is 13.2 Å². The average Bonchev–Trinajstić information content (AvgIpc) is 1.98. The molecule has 0 fully saturated rings. The van der Waals surface area contributed by atoms with Crippen LogP contribution in [0.1, 0.15) is 0 Å². The normalized spacial score (nSPS) is 14.7. The molecule has 0 spiro atoms. The Morgan fingerprint density at radius 1 is 1.55 bits per heavy atom. The van der Waals surface area contributed by atoms with Crippen molar-refractivity contribution in [2.45, 2.75) is 0 Å². The van der Waals surface area contributed by atoms with Gasteiger partial charge in [0.05, 0.1) is 7.11 Å². The van der Waals surface area contributed by atoms with Gasteiger partial charge in [0.2, 0.25) is 11.1 Å². The fourth-order valence-electron chi connectivity index (χ4n) is 0.249. The molecule has 0 aromatic heterocycles. The van der Waals surface area contributed by atoms with E-state index in [0.29, 0.717) is 0 Å². The zero-order valence-corrected chi connectivity index (χ0v) is 7.48. The lowest BCUT2D eigenvalue weighted by molar-refractivity contribution is -0.0193. The van der Waals surface area contributed by atoms with Crippen LogP contribution in [0.4, 0.5) is 0 Å².